The average Bonchev–Trinajstić information content (AvgIpc) is 2.47. The fourth-order valence-corrected chi connectivity index (χ4v) is 3.32. The highest BCUT2D eigenvalue weighted by Gasteiger charge is 2.40. The molecule has 2 N–H and O–H groups in total. The lowest BCUT2D eigenvalue weighted by molar-refractivity contribution is -0.0882. The van der Waals surface area contributed by atoms with Crippen LogP contribution in [-0.4, -0.2) is 22.6 Å². The van der Waals surface area contributed by atoms with Crippen molar-refractivity contribution in [1.82, 2.24) is 9.97 Å². The van der Waals surface area contributed by atoms with E-state index in [2.05, 4.69) is 25.8 Å². The number of rotatable bonds is 6. The smallest absolute Gasteiger partial charge is 0.160 e. The van der Waals surface area contributed by atoms with Crippen molar-refractivity contribution in [3.8, 4) is 0 Å². The summed E-state index contributed by atoms with van der Waals surface area (Å²) in [6.45, 7) is 7.16. The highest BCUT2D eigenvalue weighted by Crippen LogP contribution is 2.41. The van der Waals surface area contributed by atoms with Crippen LogP contribution in [0.3, 0.4) is 0 Å². The molecule has 1 aliphatic carbocycles. The van der Waals surface area contributed by atoms with Crippen LogP contribution < -0.4 is 5.73 Å². The molecule has 1 fully saturated rings. The third-order valence-corrected chi connectivity index (χ3v) is 4.49. The van der Waals surface area contributed by atoms with Crippen LogP contribution in [0.1, 0.15) is 64.4 Å². The van der Waals surface area contributed by atoms with E-state index in [1.165, 1.54) is 12.8 Å². The van der Waals surface area contributed by atoms with Crippen LogP contribution in [0, 0.1) is 5.92 Å². The summed E-state index contributed by atoms with van der Waals surface area (Å²) in [6, 6.07) is 2.14. The Morgan fingerprint density at radius 3 is 2.95 bits per heavy atom. The molecular weight excluding hydrogens is 262 g/mol. The number of nitrogens with zero attached hydrogens (tertiary/aromatic N) is 2. The first-order valence-electron chi connectivity index (χ1n) is 8.31. The number of ether oxygens (including phenoxy) is 1. The van der Waals surface area contributed by atoms with Gasteiger partial charge in [0.05, 0.1) is 0 Å². The number of hydrogen-bond acceptors (Lipinski definition) is 4. The second-order valence-electron chi connectivity index (χ2n) is 6.37. The van der Waals surface area contributed by atoms with Crippen LogP contribution in [0.5, 0.6) is 0 Å². The van der Waals surface area contributed by atoms with Crippen molar-refractivity contribution >= 4 is 0 Å². The SMILES string of the molecule is CCOC1(c2nccc(CC(N)CC)n2)CCCC(C)C1. The first-order chi connectivity index (χ1) is 10.1. The summed E-state index contributed by atoms with van der Waals surface area (Å²) in [5, 5.41) is 0. The van der Waals surface area contributed by atoms with Gasteiger partial charge in [0.1, 0.15) is 5.60 Å². The minimum Gasteiger partial charge on any atom is -0.367 e. The van der Waals surface area contributed by atoms with Gasteiger partial charge in [-0.25, -0.2) is 9.97 Å². The molecule has 3 unspecified atom stereocenters. The fourth-order valence-electron chi connectivity index (χ4n) is 3.32. The Hall–Kier alpha value is -1.00. The van der Waals surface area contributed by atoms with Crippen LogP contribution in [-0.2, 0) is 16.8 Å². The Balaban J connectivity index is 2.25. The largest absolute Gasteiger partial charge is 0.367 e. The van der Waals surface area contributed by atoms with Gasteiger partial charge in [-0.05, 0) is 44.6 Å². The lowest BCUT2D eigenvalue weighted by atomic mass is 9.78. The second kappa shape index (κ2) is 7.32. The summed E-state index contributed by atoms with van der Waals surface area (Å²) in [7, 11) is 0. The van der Waals surface area contributed by atoms with Crippen molar-refractivity contribution < 1.29 is 4.74 Å². The zero-order chi connectivity index (χ0) is 15.3. The third-order valence-electron chi connectivity index (χ3n) is 4.49. The maximum absolute atomic E-state index is 6.16. The molecule has 0 amide bonds. The van der Waals surface area contributed by atoms with E-state index in [0.29, 0.717) is 12.5 Å². The van der Waals surface area contributed by atoms with Gasteiger partial charge in [0, 0.05) is 31.0 Å². The maximum atomic E-state index is 6.16. The molecule has 0 aromatic carbocycles. The van der Waals surface area contributed by atoms with Crippen LogP contribution in [0.15, 0.2) is 12.3 Å². The van der Waals surface area contributed by atoms with Crippen molar-refractivity contribution in [3.05, 3.63) is 23.8 Å². The molecule has 1 aromatic rings. The number of aromatic nitrogens is 2. The molecule has 1 heterocycles. The van der Waals surface area contributed by atoms with Gasteiger partial charge < -0.3 is 10.5 Å². The summed E-state index contributed by atoms with van der Waals surface area (Å²) < 4.78 is 6.16. The van der Waals surface area contributed by atoms with Crippen LogP contribution in [0.2, 0.25) is 0 Å². The molecule has 1 saturated carbocycles. The average molecular weight is 291 g/mol. The van der Waals surface area contributed by atoms with Crippen LogP contribution in [0.25, 0.3) is 0 Å². The van der Waals surface area contributed by atoms with E-state index in [0.717, 1.165) is 37.2 Å². The van der Waals surface area contributed by atoms with E-state index in [9.17, 15) is 0 Å². The molecule has 4 heteroatoms. The third kappa shape index (κ3) is 4.01. The molecule has 1 aromatic heterocycles. The van der Waals surface area contributed by atoms with E-state index in [-0.39, 0.29) is 11.6 Å². The summed E-state index contributed by atoms with van der Waals surface area (Å²) in [5.41, 5.74) is 6.80. The first-order valence-corrected chi connectivity index (χ1v) is 8.31. The topological polar surface area (TPSA) is 61.0 Å². The zero-order valence-corrected chi connectivity index (χ0v) is 13.6. The Morgan fingerprint density at radius 1 is 1.48 bits per heavy atom. The van der Waals surface area contributed by atoms with Crippen molar-refractivity contribution in [2.24, 2.45) is 11.7 Å². The van der Waals surface area contributed by atoms with Gasteiger partial charge >= 0.3 is 0 Å². The van der Waals surface area contributed by atoms with Gasteiger partial charge in [-0.1, -0.05) is 20.3 Å². The standard InChI is InChI=1S/C17H29N3O/c1-4-14(18)11-15-8-10-19-16(20-15)17(21-5-2)9-6-7-13(3)12-17/h8,10,13-14H,4-7,9,11-12,18H2,1-3H3. The quantitative estimate of drug-likeness (QED) is 0.874. The number of hydrogen-bond donors (Lipinski definition) is 1. The van der Waals surface area contributed by atoms with E-state index in [1.54, 1.807) is 0 Å². The summed E-state index contributed by atoms with van der Waals surface area (Å²) in [5.74, 6) is 1.52. The van der Waals surface area contributed by atoms with Gasteiger partial charge in [-0.3, -0.25) is 0 Å². The lowest BCUT2D eigenvalue weighted by Gasteiger charge is -2.38. The Kier molecular flexibility index (Phi) is 5.71. The van der Waals surface area contributed by atoms with Crippen molar-refractivity contribution in [1.29, 1.82) is 0 Å². The number of nitrogens with two attached hydrogens (primary N) is 1. The molecule has 0 aliphatic heterocycles. The Morgan fingerprint density at radius 2 is 2.29 bits per heavy atom. The van der Waals surface area contributed by atoms with Crippen molar-refractivity contribution in [2.45, 2.75) is 70.9 Å². The molecule has 118 valence electrons. The molecule has 0 radical (unpaired) electrons. The van der Waals surface area contributed by atoms with Crippen LogP contribution in [0.4, 0.5) is 0 Å². The predicted octanol–water partition coefficient (Wildman–Crippen LogP) is 3.20. The second-order valence-corrected chi connectivity index (χ2v) is 6.37. The molecule has 1 aliphatic rings. The van der Waals surface area contributed by atoms with E-state index in [4.69, 9.17) is 15.5 Å². The Bertz CT molecular complexity index is 447. The summed E-state index contributed by atoms with van der Waals surface area (Å²) in [4.78, 5) is 9.34. The monoisotopic (exact) mass is 291 g/mol. The predicted molar refractivity (Wildman–Crippen MR) is 84.9 cm³/mol. The van der Waals surface area contributed by atoms with Gasteiger partial charge in [-0.2, -0.15) is 0 Å². The van der Waals surface area contributed by atoms with Crippen molar-refractivity contribution in [3.63, 3.8) is 0 Å². The van der Waals surface area contributed by atoms with E-state index in [1.807, 2.05) is 12.3 Å². The highest BCUT2D eigenvalue weighted by molar-refractivity contribution is 5.11. The summed E-state index contributed by atoms with van der Waals surface area (Å²) in [6.07, 6.45) is 8.13. The van der Waals surface area contributed by atoms with Gasteiger partial charge in [0.15, 0.2) is 5.82 Å². The zero-order valence-electron chi connectivity index (χ0n) is 13.6. The minimum absolute atomic E-state index is 0.168. The van der Waals surface area contributed by atoms with Gasteiger partial charge in [0.2, 0.25) is 0 Å². The van der Waals surface area contributed by atoms with Gasteiger partial charge in [-0.15, -0.1) is 0 Å². The fraction of sp³-hybridized carbons (Fsp3) is 0.765. The van der Waals surface area contributed by atoms with Gasteiger partial charge in [0.25, 0.3) is 0 Å². The summed E-state index contributed by atoms with van der Waals surface area (Å²) >= 11 is 0. The van der Waals surface area contributed by atoms with Crippen LogP contribution >= 0.6 is 0 Å². The normalized spacial score (nSPS) is 27.5. The molecule has 0 bridgehead atoms. The van der Waals surface area contributed by atoms with E-state index < -0.39 is 0 Å². The van der Waals surface area contributed by atoms with Crippen molar-refractivity contribution in [2.75, 3.05) is 6.61 Å². The molecule has 4 nitrogen and oxygen atoms in total. The molecule has 0 spiro atoms. The molecule has 3 atom stereocenters. The molecular formula is C17H29N3O. The molecule has 2 rings (SSSR count). The van der Waals surface area contributed by atoms with E-state index >= 15 is 0 Å². The molecule has 21 heavy (non-hydrogen) atoms. The Labute approximate surface area is 128 Å². The molecule has 0 saturated heterocycles. The maximum Gasteiger partial charge on any atom is 0.160 e. The minimum atomic E-state index is -0.293. The lowest BCUT2D eigenvalue weighted by Crippen LogP contribution is -2.37. The first kappa shape index (κ1) is 16.4. The highest BCUT2D eigenvalue weighted by atomic mass is 16.5.